The lowest BCUT2D eigenvalue weighted by molar-refractivity contribution is -0.116. The molecular weight excluding hydrogens is 368 g/mol. The Morgan fingerprint density at radius 2 is 2.03 bits per heavy atom. The molecule has 1 aromatic heterocycles. The third-order valence-electron chi connectivity index (χ3n) is 5.84. The summed E-state index contributed by atoms with van der Waals surface area (Å²) in [5, 5.41) is 7.35. The van der Waals surface area contributed by atoms with Crippen LogP contribution in [0.4, 0.5) is 5.82 Å². The Morgan fingerprint density at radius 1 is 1.21 bits per heavy atom. The van der Waals surface area contributed by atoms with E-state index in [0.717, 1.165) is 43.1 Å². The number of benzene rings is 1. The average molecular weight is 399 g/mol. The van der Waals surface area contributed by atoms with E-state index in [4.69, 9.17) is 9.47 Å². The normalized spacial score (nSPS) is 19.5. The van der Waals surface area contributed by atoms with Gasteiger partial charge in [0.2, 0.25) is 5.91 Å². The van der Waals surface area contributed by atoms with E-state index in [-0.39, 0.29) is 11.8 Å². The van der Waals surface area contributed by atoms with E-state index < -0.39 is 0 Å². The van der Waals surface area contributed by atoms with Crippen LogP contribution in [0.1, 0.15) is 49.7 Å². The number of anilines is 1. The molecule has 7 heteroatoms. The molecule has 4 rings (SSSR count). The molecule has 1 unspecified atom stereocenters. The van der Waals surface area contributed by atoms with Gasteiger partial charge in [-0.05, 0) is 50.6 Å². The van der Waals surface area contributed by atoms with Gasteiger partial charge in [-0.25, -0.2) is 0 Å². The molecule has 1 amide bonds. The third kappa shape index (κ3) is 4.40. The molecule has 1 N–H and O–H groups in total. The van der Waals surface area contributed by atoms with Gasteiger partial charge in [-0.15, -0.1) is 0 Å². The van der Waals surface area contributed by atoms with Crippen molar-refractivity contribution in [1.82, 2.24) is 14.7 Å². The van der Waals surface area contributed by atoms with E-state index in [2.05, 4.69) is 15.3 Å². The number of aromatic nitrogens is 2. The summed E-state index contributed by atoms with van der Waals surface area (Å²) in [6, 6.07) is 5.99. The van der Waals surface area contributed by atoms with Crippen molar-refractivity contribution < 1.29 is 14.3 Å². The second-order valence-electron chi connectivity index (χ2n) is 7.75. The van der Waals surface area contributed by atoms with Gasteiger partial charge >= 0.3 is 0 Å². The number of rotatable bonds is 7. The Balaban J connectivity index is 1.49. The SMILES string of the molecule is CCn1cc2c(n1)NC(=O)CC2c1ccc(OCCN2CCCCC2)c(OC)c1. The van der Waals surface area contributed by atoms with Crippen molar-refractivity contribution in [3.8, 4) is 11.5 Å². The average Bonchev–Trinajstić information content (AvgIpc) is 3.17. The zero-order valence-corrected chi connectivity index (χ0v) is 17.3. The lowest BCUT2D eigenvalue weighted by atomic mass is 9.87. The minimum absolute atomic E-state index is 0.00956. The summed E-state index contributed by atoms with van der Waals surface area (Å²) in [7, 11) is 1.66. The number of fused-ring (bicyclic) bond motifs is 1. The van der Waals surface area contributed by atoms with Gasteiger partial charge in [0.25, 0.3) is 0 Å². The maximum atomic E-state index is 12.2. The van der Waals surface area contributed by atoms with Crippen LogP contribution in [0.3, 0.4) is 0 Å². The molecule has 0 spiro atoms. The summed E-state index contributed by atoms with van der Waals surface area (Å²) >= 11 is 0. The second-order valence-corrected chi connectivity index (χ2v) is 7.75. The number of carbonyl (C=O) groups is 1. The molecule has 3 heterocycles. The first-order valence-electron chi connectivity index (χ1n) is 10.6. The zero-order chi connectivity index (χ0) is 20.2. The topological polar surface area (TPSA) is 68.6 Å². The Labute approximate surface area is 172 Å². The maximum absolute atomic E-state index is 12.2. The third-order valence-corrected chi connectivity index (χ3v) is 5.84. The van der Waals surface area contributed by atoms with Crippen molar-refractivity contribution >= 4 is 11.7 Å². The van der Waals surface area contributed by atoms with Crippen LogP contribution in [0, 0.1) is 0 Å². The minimum Gasteiger partial charge on any atom is -0.493 e. The summed E-state index contributed by atoms with van der Waals surface area (Å²) in [5.41, 5.74) is 2.09. The highest BCUT2D eigenvalue weighted by Gasteiger charge is 2.30. The predicted octanol–water partition coefficient (Wildman–Crippen LogP) is 3.25. The highest BCUT2D eigenvalue weighted by atomic mass is 16.5. The standard InChI is InChI=1S/C22H30N4O3/c1-3-26-15-18-17(14-21(27)23-22(18)24-26)16-7-8-19(20(13-16)28-2)29-12-11-25-9-5-4-6-10-25/h7-8,13,15,17H,3-6,9-12,14H2,1-2H3,(H,23,24,27). The molecule has 7 nitrogen and oxygen atoms in total. The van der Waals surface area contributed by atoms with Crippen LogP contribution in [0.15, 0.2) is 24.4 Å². The van der Waals surface area contributed by atoms with E-state index in [1.54, 1.807) is 7.11 Å². The number of nitrogens with zero attached hydrogens (tertiary/aromatic N) is 3. The number of methoxy groups -OCH3 is 1. The molecule has 1 saturated heterocycles. The molecule has 0 radical (unpaired) electrons. The molecule has 1 atom stereocenters. The fourth-order valence-corrected chi connectivity index (χ4v) is 4.21. The predicted molar refractivity (Wildman–Crippen MR) is 112 cm³/mol. The number of aryl methyl sites for hydroxylation is 1. The Bertz CT molecular complexity index is 858. The number of carbonyl (C=O) groups excluding carboxylic acids is 1. The molecule has 0 saturated carbocycles. The van der Waals surface area contributed by atoms with Crippen molar-refractivity contribution in [3.05, 3.63) is 35.5 Å². The summed E-state index contributed by atoms with van der Waals surface area (Å²) in [5.74, 6) is 2.07. The molecule has 0 bridgehead atoms. The maximum Gasteiger partial charge on any atom is 0.226 e. The molecule has 29 heavy (non-hydrogen) atoms. The molecule has 1 aromatic carbocycles. The highest BCUT2D eigenvalue weighted by Crippen LogP contribution is 2.39. The van der Waals surface area contributed by atoms with Gasteiger partial charge in [0.05, 0.1) is 7.11 Å². The lowest BCUT2D eigenvalue weighted by Crippen LogP contribution is -2.33. The number of hydrogen-bond acceptors (Lipinski definition) is 5. The van der Waals surface area contributed by atoms with E-state index in [9.17, 15) is 4.79 Å². The van der Waals surface area contributed by atoms with Crippen LogP contribution in [-0.2, 0) is 11.3 Å². The summed E-state index contributed by atoms with van der Waals surface area (Å²) in [6.07, 6.45) is 6.33. The Morgan fingerprint density at radius 3 is 2.79 bits per heavy atom. The monoisotopic (exact) mass is 398 g/mol. The molecule has 2 aromatic rings. The molecule has 1 fully saturated rings. The van der Waals surface area contributed by atoms with Gasteiger partial charge in [-0.3, -0.25) is 14.4 Å². The summed E-state index contributed by atoms with van der Waals surface area (Å²) in [4.78, 5) is 14.7. The van der Waals surface area contributed by atoms with Crippen LogP contribution in [-0.4, -0.2) is 53.9 Å². The largest absolute Gasteiger partial charge is 0.493 e. The first-order valence-corrected chi connectivity index (χ1v) is 10.6. The van der Waals surface area contributed by atoms with Crippen molar-refractivity contribution in [3.63, 3.8) is 0 Å². The smallest absolute Gasteiger partial charge is 0.226 e. The molecule has 0 aliphatic carbocycles. The van der Waals surface area contributed by atoms with Crippen molar-refractivity contribution in [2.45, 2.75) is 45.1 Å². The number of amides is 1. The van der Waals surface area contributed by atoms with Gasteiger partial charge < -0.3 is 14.8 Å². The first kappa shape index (κ1) is 19.8. The number of likely N-dealkylation sites (tertiary alicyclic amines) is 1. The fraction of sp³-hybridized carbons (Fsp3) is 0.545. The summed E-state index contributed by atoms with van der Waals surface area (Å²) < 4.78 is 13.5. The number of piperidine rings is 1. The number of ether oxygens (including phenoxy) is 2. The first-order chi connectivity index (χ1) is 14.2. The molecule has 156 valence electrons. The molecule has 2 aliphatic rings. The van der Waals surface area contributed by atoms with Crippen LogP contribution in [0.5, 0.6) is 11.5 Å². The van der Waals surface area contributed by atoms with Crippen LogP contribution in [0.25, 0.3) is 0 Å². The Hall–Kier alpha value is -2.54. The Kier molecular flexibility index (Phi) is 6.04. The van der Waals surface area contributed by atoms with E-state index in [1.165, 1.54) is 19.3 Å². The lowest BCUT2D eigenvalue weighted by Gasteiger charge is -2.26. The van der Waals surface area contributed by atoms with Crippen LogP contribution >= 0.6 is 0 Å². The quantitative estimate of drug-likeness (QED) is 0.775. The van der Waals surface area contributed by atoms with E-state index in [1.807, 2.05) is 36.0 Å². The zero-order valence-electron chi connectivity index (χ0n) is 17.3. The van der Waals surface area contributed by atoms with Gasteiger partial charge in [0, 0.05) is 37.2 Å². The molecular formula is C22H30N4O3. The minimum atomic E-state index is -0.0321. The van der Waals surface area contributed by atoms with Gasteiger partial charge in [-0.1, -0.05) is 12.5 Å². The second kappa shape index (κ2) is 8.86. The fourth-order valence-electron chi connectivity index (χ4n) is 4.21. The van der Waals surface area contributed by atoms with Gasteiger partial charge in [0.15, 0.2) is 17.3 Å². The van der Waals surface area contributed by atoms with E-state index >= 15 is 0 Å². The number of hydrogen-bond donors (Lipinski definition) is 1. The van der Waals surface area contributed by atoms with E-state index in [0.29, 0.717) is 24.6 Å². The number of nitrogens with one attached hydrogen (secondary N) is 1. The molecule has 2 aliphatic heterocycles. The summed E-state index contributed by atoms with van der Waals surface area (Å²) in [6.45, 7) is 6.72. The van der Waals surface area contributed by atoms with Gasteiger partial charge in [-0.2, -0.15) is 5.10 Å². The van der Waals surface area contributed by atoms with Crippen LogP contribution < -0.4 is 14.8 Å². The van der Waals surface area contributed by atoms with Crippen LogP contribution in [0.2, 0.25) is 0 Å². The van der Waals surface area contributed by atoms with Gasteiger partial charge in [0.1, 0.15) is 6.61 Å². The van der Waals surface area contributed by atoms with Crippen molar-refractivity contribution in [2.24, 2.45) is 0 Å². The highest BCUT2D eigenvalue weighted by molar-refractivity contribution is 5.94. The van der Waals surface area contributed by atoms with Crippen molar-refractivity contribution in [2.75, 3.05) is 38.7 Å². The van der Waals surface area contributed by atoms with Crippen molar-refractivity contribution in [1.29, 1.82) is 0 Å².